The third-order valence-corrected chi connectivity index (χ3v) is 5.97. The van der Waals surface area contributed by atoms with E-state index in [1.165, 1.54) is 11.3 Å². The molecule has 0 spiro atoms. The monoisotopic (exact) mass is 403 g/mol. The molecular formula is C20H19ClFN3OS. The van der Waals surface area contributed by atoms with Gasteiger partial charge in [-0.2, -0.15) is 0 Å². The number of fused-ring (bicyclic) bond motifs is 1. The minimum absolute atomic E-state index is 0.0927. The molecule has 0 bridgehead atoms. The molecule has 0 N–H and O–H groups in total. The molecule has 7 heteroatoms. The third-order valence-electron chi connectivity index (χ3n) is 4.96. The Morgan fingerprint density at radius 3 is 2.74 bits per heavy atom. The van der Waals surface area contributed by atoms with Crippen LogP contribution in [0.15, 0.2) is 35.8 Å². The lowest BCUT2D eigenvalue weighted by atomic mass is 10.00. The Morgan fingerprint density at radius 1 is 1.26 bits per heavy atom. The number of rotatable bonds is 3. The molecule has 27 heavy (non-hydrogen) atoms. The van der Waals surface area contributed by atoms with Crippen molar-refractivity contribution in [1.29, 1.82) is 0 Å². The molecule has 140 valence electrons. The average Bonchev–Trinajstić information content (AvgIpc) is 3.10. The van der Waals surface area contributed by atoms with E-state index < -0.39 is 0 Å². The second-order valence-corrected chi connectivity index (χ2v) is 8.04. The molecule has 0 radical (unpaired) electrons. The number of thiazole rings is 1. The molecule has 1 fully saturated rings. The van der Waals surface area contributed by atoms with Crippen LogP contribution < -0.4 is 0 Å². The Labute approximate surface area is 166 Å². The summed E-state index contributed by atoms with van der Waals surface area (Å²) in [4.78, 5) is 19.9. The fraction of sp³-hybridized carbons (Fsp3) is 0.300. The van der Waals surface area contributed by atoms with Gasteiger partial charge in [-0.1, -0.05) is 23.7 Å². The van der Waals surface area contributed by atoms with E-state index >= 15 is 4.39 Å². The molecule has 4 rings (SSSR count). The zero-order valence-corrected chi connectivity index (χ0v) is 16.5. The quantitative estimate of drug-likeness (QED) is 0.649. The highest BCUT2D eigenvalue weighted by atomic mass is 35.5. The number of benzene rings is 2. The average molecular weight is 404 g/mol. The van der Waals surface area contributed by atoms with Crippen LogP contribution in [-0.2, 0) is 11.3 Å². The van der Waals surface area contributed by atoms with Gasteiger partial charge in [0.15, 0.2) is 0 Å². The number of aromatic nitrogens is 1. The molecule has 1 aliphatic rings. The molecule has 1 amide bonds. The van der Waals surface area contributed by atoms with Gasteiger partial charge in [0.25, 0.3) is 0 Å². The van der Waals surface area contributed by atoms with Crippen LogP contribution in [0.3, 0.4) is 0 Å². The molecule has 1 aliphatic heterocycles. The van der Waals surface area contributed by atoms with Crippen molar-refractivity contribution in [3.05, 3.63) is 52.2 Å². The standard InChI is InChI=1S/C20H19ClFN3OS/c1-13(26)25-7-5-24(6-8-25)11-15-10-17-20(23-12-27-17)18(19(15)22)14-3-2-4-16(21)9-14/h2-4,9-10,12H,5-8,11H2,1H3. The highest BCUT2D eigenvalue weighted by molar-refractivity contribution is 7.16. The number of nitrogens with zero attached hydrogens (tertiary/aromatic N) is 3. The van der Waals surface area contributed by atoms with Gasteiger partial charge in [0.05, 0.1) is 15.7 Å². The van der Waals surface area contributed by atoms with E-state index in [0.717, 1.165) is 23.4 Å². The highest BCUT2D eigenvalue weighted by Gasteiger charge is 2.22. The summed E-state index contributed by atoms with van der Waals surface area (Å²) < 4.78 is 16.4. The van der Waals surface area contributed by atoms with Crippen LogP contribution in [0.5, 0.6) is 0 Å². The maximum absolute atomic E-state index is 15.5. The first-order valence-electron chi connectivity index (χ1n) is 8.81. The smallest absolute Gasteiger partial charge is 0.219 e. The van der Waals surface area contributed by atoms with Gasteiger partial charge in [0.2, 0.25) is 5.91 Å². The van der Waals surface area contributed by atoms with E-state index in [1.807, 2.05) is 23.1 Å². The van der Waals surface area contributed by atoms with Gasteiger partial charge in [-0.3, -0.25) is 9.69 Å². The Morgan fingerprint density at radius 2 is 2.04 bits per heavy atom. The van der Waals surface area contributed by atoms with Crippen molar-refractivity contribution in [2.75, 3.05) is 26.2 Å². The van der Waals surface area contributed by atoms with Crippen molar-refractivity contribution in [3.63, 3.8) is 0 Å². The van der Waals surface area contributed by atoms with Gasteiger partial charge >= 0.3 is 0 Å². The maximum Gasteiger partial charge on any atom is 0.219 e. The topological polar surface area (TPSA) is 36.4 Å². The lowest BCUT2D eigenvalue weighted by molar-refractivity contribution is -0.130. The molecule has 0 atom stereocenters. The van der Waals surface area contributed by atoms with E-state index in [2.05, 4.69) is 9.88 Å². The zero-order valence-electron chi connectivity index (χ0n) is 14.9. The molecule has 0 saturated carbocycles. The summed E-state index contributed by atoms with van der Waals surface area (Å²) in [6.45, 7) is 4.95. The molecule has 0 unspecified atom stereocenters. The van der Waals surface area contributed by atoms with Crippen LogP contribution in [0.25, 0.3) is 21.3 Å². The normalized spacial score (nSPS) is 15.4. The summed E-state index contributed by atoms with van der Waals surface area (Å²) >= 11 is 7.63. The SMILES string of the molecule is CC(=O)N1CCN(Cc2cc3scnc3c(-c3cccc(Cl)c3)c2F)CC1. The maximum atomic E-state index is 15.5. The molecule has 2 aromatic carbocycles. The number of carbonyl (C=O) groups is 1. The Kier molecular flexibility index (Phi) is 5.12. The van der Waals surface area contributed by atoms with E-state index in [-0.39, 0.29) is 11.7 Å². The van der Waals surface area contributed by atoms with Crippen LogP contribution in [-0.4, -0.2) is 46.9 Å². The van der Waals surface area contributed by atoms with Gasteiger partial charge in [0.1, 0.15) is 5.82 Å². The van der Waals surface area contributed by atoms with Gasteiger partial charge in [-0.05, 0) is 23.8 Å². The van der Waals surface area contributed by atoms with E-state index in [4.69, 9.17) is 11.6 Å². The lowest BCUT2D eigenvalue weighted by Crippen LogP contribution is -2.47. The lowest BCUT2D eigenvalue weighted by Gasteiger charge is -2.34. The number of carbonyl (C=O) groups excluding carboxylic acids is 1. The predicted molar refractivity (Wildman–Crippen MR) is 108 cm³/mol. The van der Waals surface area contributed by atoms with Gasteiger partial charge in [-0.25, -0.2) is 9.37 Å². The molecule has 0 aliphatic carbocycles. The zero-order chi connectivity index (χ0) is 19.0. The molecule has 2 heterocycles. The van der Waals surface area contributed by atoms with E-state index in [9.17, 15) is 4.79 Å². The molecule has 1 aromatic heterocycles. The number of hydrogen-bond acceptors (Lipinski definition) is 4. The summed E-state index contributed by atoms with van der Waals surface area (Å²) in [5.41, 5.74) is 4.31. The first kappa shape index (κ1) is 18.3. The summed E-state index contributed by atoms with van der Waals surface area (Å²) in [5, 5.41) is 0.570. The number of amides is 1. The van der Waals surface area contributed by atoms with Crippen molar-refractivity contribution in [1.82, 2.24) is 14.8 Å². The molecular weight excluding hydrogens is 385 g/mol. The van der Waals surface area contributed by atoms with Gasteiger partial charge in [0, 0.05) is 55.8 Å². The van der Waals surface area contributed by atoms with Crippen LogP contribution in [0.1, 0.15) is 12.5 Å². The van der Waals surface area contributed by atoms with Crippen molar-refractivity contribution in [2.24, 2.45) is 0 Å². The van der Waals surface area contributed by atoms with Crippen LogP contribution in [0.4, 0.5) is 4.39 Å². The van der Waals surface area contributed by atoms with Gasteiger partial charge in [-0.15, -0.1) is 11.3 Å². The highest BCUT2D eigenvalue weighted by Crippen LogP contribution is 2.36. The largest absolute Gasteiger partial charge is 0.340 e. The molecule has 1 saturated heterocycles. The summed E-state index contributed by atoms with van der Waals surface area (Å²) in [6.07, 6.45) is 0. The summed E-state index contributed by atoms with van der Waals surface area (Å²) in [5.74, 6) is -0.153. The van der Waals surface area contributed by atoms with Gasteiger partial charge < -0.3 is 4.90 Å². The van der Waals surface area contributed by atoms with E-state index in [0.29, 0.717) is 41.3 Å². The molecule has 4 nitrogen and oxygen atoms in total. The van der Waals surface area contributed by atoms with Crippen molar-refractivity contribution >= 4 is 39.1 Å². The summed E-state index contributed by atoms with van der Waals surface area (Å²) in [7, 11) is 0. The molecule has 3 aromatic rings. The van der Waals surface area contributed by atoms with Crippen molar-refractivity contribution in [3.8, 4) is 11.1 Å². The minimum atomic E-state index is -0.246. The number of piperazine rings is 1. The minimum Gasteiger partial charge on any atom is -0.340 e. The fourth-order valence-corrected chi connectivity index (χ4v) is 4.45. The second-order valence-electron chi connectivity index (χ2n) is 6.72. The second kappa shape index (κ2) is 7.54. The number of hydrogen-bond donors (Lipinski definition) is 0. The van der Waals surface area contributed by atoms with Crippen molar-refractivity contribution < 1.29 is 9.18 Å². The van der Waals surface area contributed by atoms with E-state index in [1.54, 1.807) is 24.6 Å². The van der Waals surface area contributed by atoms with Crippen LogP contribution in [0.2, 0.25) is 5.02 Å². The number of halogens is 2. The first-order valence-corrected chi connectivity index (χ1v) is 10.1. The van der Waals surface area contributed by atoms with Crippen LogP contribution in [0, 0.1) is 5.82 Å². The van der Waals surface area contributed by atoms with Crippen molar-refractivity contribution in [2.45, 2.75) is 13.5 Å². The van der Waals surface area contributed by atoms with Crippen LogP contribution >= 0.6 is 22.9 Å². The fourth-order valence-electron chi connectivity index (χ4n) is 3.52. The predicted octanol–water partition coefficient (Wildman–Crippen LogP) is 4.42. The third kappa shape index (κ3) is 3.70. The Hall–Kier alpha value is -2.02. The Balaban J connectivity index is 1.68. The summed E-state index contributed by atoms with van der Waals surface area (Å²) in [6, 6.07) is 9.13. The first-order chi connectivity index (χ1) is 13.0. The Bertz CT molecular complexity index is 998.